The van der Waals surface area contributed by atoms with Gasteiger partial charge in [0.05, 0.1) is 38.4 Å². The highest BCUT2D eigenvalue weighted by Gasteiger charge is 2.18. The first-order valence-electron chi connectivity index (χ1n) is 11.4. The van der Waals surface area contributed by atoms with E-state index >= 15 is 0 Å². The zero-order valence-electron chi connectivity index (χ0n) is 20.9. The van der Waals surface area contributed by atoms with E-state index in [2.05, 4.69) is 20.9 Å². The lowest BCUT2D eigenvalue weighted by Gasteiger charge is -2.13. The van der Waals surface area contributed by atoms with Crippen LogP contribution in [0.1, 0.15) is 20.7 Å². The first-order chi connectivity index (χ1) is 19.6. The molecule has 0 saturated heterocycles. The molecule has 0 aliphatic heterocycles. The monoisotopic (exact) mass is 614 g/mol. The molecule has 0 atom stereocenters. The Morgan fingerprint density at radius 2 is 1.43 bits per heavy atom. The van der Waals surface area contributed by atoms with Crippen LogP contribution in [0.15, 0.2) is 87.9 Å². The molecular weight excluding hydrogens is 595 g/mol. The minimum absolute atomic E-state index is 0.00778. The number of hydrogen-bond acceptors (Lipinski definition) is 8. The van der Waals surface area contributed by atoms with Crippen LogP contribution in [0.3, 0.4) is 0 Å². The fourth-order valence-corrected chi connectivity index (χ4v) is 4.84. The van der Waals surface area contributed by atoms with Crippen molar-refractivity contribution >= 4 is 74.5 Å². The lowest BCUT2D eigenvalue weighted by atomic mass is 10.1. The van der Waals surface area contributed by atoms with E-state index in [9.17, 15) is 51.9 Å². The standard InChI is InChI=1S/C25H19N4O11PS/c30-23(31)13-8-14(24(32)33)10-16(9-13)28-29-22-7-6-21(19-5-4-18(12-20(19)22)42(38,39)40)27-25(34)26-15-2-1-3-17(11-15)41(35,36)37/h1-12H,(H,30,31)(H,32,33)(H2,26,27,34)(H2,35,36,37)(H,38,39,40). The number of amides is 2. The van der Waals surface area contributed by atoms with Crippen molar-refractivity contribution in [2.24, 2.45) is 10.2 Å². The van der Waals surface area contributed by atoms with Crippen LogP contribution in [0.25, 0.3) is 10.8 Å². The minimum Gasteiger partial charge on any atom is -0.478 e. The summed E-state index contributed by atoms with van der Waals surface area (Å²) in [6.07, 6.45) is 0. The topological polar surface area (TPSA) is 252 Å². The van der Waals surface area contributed by atoms with Crippen molar-refractivity contribution in [3.05, 3.63) is 83.9 Å². The fourth-order valence-electron chi connectivity index (χ4n) is 3.75. The van der Waals surface area contributed by atoms with Crippen molar-refractivity contribution in [1.82, 2.24) is 0 Å². The van der Waals surface area contributed by atoms with Gasteiger partial charge < -0.3 is 30.6 Å². The van der Waals surface area contributed by atoms with Gasteiger partial charge in [-0.15, -0.1) is 5.11 Å². The third-order valence-corrected chi connectivity index (χ3v) is 7.44. The molecule has 0 saturated carbocycles. The zero-order valence-corrected chi connectivity index (χ0v) is 22.6. The third kappa shape index (κ3) is 7.01. The van der Waals surface area contributed by atoms with Gasteiger partial charge in [-0.05, 0) is 60.7 Å². The van der Waals surface area contributed by atoms with E-state index in [0.29, 0.717) is 0 Å². The molecule has 0 aromatic heterocycles. The summed E-state index contributed by atoms with van der Waals surface area (Å²) in [4.78, 5) is 53.7. The van der Waals surface area contributed by atoms with E-state index in [0.717, 1.165) is 36.4 Å². The molecule has 2 amide bonds. The molecule has 4 aromatic carbocycles. The van der Waals surface area contributed by atoms with E-state index in [-0.39, 0.29) is 50.0 Å². The van der Waals surface area contributed by atoms with Gasteiger partial charge in [0.15, 0.2) is 0 Å². The minimum atomic E-state index is -4.67. The highest BCUT2D eigenvalue weighted by molar-refractivity contribution is 7.85. The summed E-state index contributed by atoms with van der Waals surface area (Å²) >= 11 is 0. The zero-order chi connectivity index (χ0) is 30.8. The normalized spacial score (nSPS) is 11.9. The Morgan fingerprint density at radius 3 is 2.02 bits per heavy atom. The van der Waals surface area contributed by atoms with Crippen LogP contribution in [-0.2, 0) is 14.7 Å². The second-order valence-electron chi connectivity index (χ2n) is 8.57. The maximum atomic E-state index is 12.7. The van der Waals surface area contributed by atoms with Gasteiger partial charge >= 0.3 is 25.6 Å². The van der Waals surface area contributed by atoms with Gasteiger partial charge in [0.2, 0.25) is 0 Å². The number of benzene rings is 4. The molecule has 4 rings (SSSR count). The van der Waals surface area contributed by atoms with Crippen LogP contribution in [-0.4, -0.2) is 50.9 Å². The smallest absolute Gasteiger partial charge is 0.356 e. The number of carboxylic acids is 2. The lowest BCUT2D eigenvalue weighted by Crippen LogP contribution is -2.20. The van der Waals surface area contributed by atoms with Gasteiger partial charge in [0.1, 0.15) is 0 Å². The first-order valence-corrected chi connectivity index (χ1v) is 14.5. The average Bonchev–Trinajstić information content (AvgIpc) is 2.91. The highest BCUT2D eigenvalue weighted by Crippen LogP contribution is 2.36. The lowest BCUT2D eigenvalue weighted by molar-refractivity contribution is 0.0696. The highest BCUT2D eigenvalue weighted by atomic mass is 32.2. The Kier molecular flexibility index (Phi) is 8.19. The molecule has 0 radical (unpaired) electrons. The number of carbonyl (C=O) groups excluding carboxylic acids is 1. The van der Waals surface area contributed by atoms with Crippen molar-refractivity contribution in [3.63, 3.8) is 0 Å². The van der Waals surface area contributed by atoms with E-state index in [4.69, 9.17) is 0 Å². The molecule has 216 valence electrons. The number of carboxylic acid groups (broad SMARTS) is 2. The molecule has 4 aromatic rings. The summed E-state index contributed by atoms with van der Waals surface area (Å²) in [6.45, 7) is 0. The summed E-state index contributed by atoms with van der Waals surface area (Å²) in [5, 5.41) is 31.4. The number of aromatic carboxylic acids is 2. The SMILES string of the molecule is O=C(Nc1cccc(P(=O)(O)O)c1)Nc1ccc(N=Nc2cc(C(=O)O)cc(C(=O)O)c2)c2cc(S(=O)(=O)O)ccc12. The van der Waals surface area contributed by atoms with Crippen molar-refractivity contribution in [3.8, 4) is 0 Å². The Labute approximate surface area is 236 Å². The van der Waals surface area contributed by atoms with E-state index < -0.39 is 40.6 Å². The number of nitrogens with zero attached hydrogens (tertiary/aromatic N) is 2. The number of azo groups is 1. The van der Waals surface area contributed by atoms with Gasteiger partial charge in [-0.2, -0.15) is 13.5 Å². The molecule has 15 nitrogen and oxygen atoms in total. The number of urea groups is 1. The largest absolute Gasteiger partial charge is 0.478 e. The number of rotatable bonds is 8. The summed E-state index contributed by atoms with van der Waals surface area (Å²) in [5.41, 5.74) is -0.644. The second kappa shape index (κ2) is 11.5. The molecule has 0 unspecified atom stereocenters. The van der Waals surface area contributed by atoms with Crippen molar-refractivity contribution in [2.45, 2.75) is 4.90 Å². The summed E-state index contributed by atoms with van der Waals surface area (Å²) in [5.74, 6) is -2.81. The quantitative estimate of drug-likeness (QED) is 0.0834. The number of fused-ring (bicyclic) bond motifs is 1. The van der Waals surface area contributed by atoms with Crippen molar-refractivity contribution in [2.75, 3.05) is 10.6 Å². The number of carbonyl (C=O) groups is 3. The molecular formula is C25H19N4O11PS. The predicted molar refractivity (Wildman–Crippen MR) is 149 cm³/mol. The fraction of sp³-hybridized carbons (Fsp3) is 0. The number of nitrogens with one attached hydrogen (secondary N) is 2. The van der Waals surface area contributed by atoms with Crippen molar-refractivity contribution in [1.29, 1.82) is 0 Å². The Balaban J connectivity index is 1.73. The molecule has 0 aliphatic carbocycles. The maximum Gasteiger partial charge on any atom is 0.356 e. The Hall–Kier alpha value is -4.99. The number of anilines is 2. The Morgan fingerprint density at radius 1 is 0.762 bits per heavy atom. The molecule has 0 fully saturated rings. The van der Waals surface area contributed by atoms with Crippen LogP contribution in [0, 0.1) is 0 Å². The summed E-state index contributed by atoms with van der Waals surface area (Å²) in [6, 6.07) is 13.4. The summed E-state index contributed by atoms with van der Waals surface area (Å²) in [7, 11) is -9.24. The second-order valence-corrected chi connectivity index (χ2v) is 11.6. The predicted octanol–water partition coefficient (Wildman–Crippen LogP) is 4.35. The van der Waals surface area contributed by atoms with Crippen LogP contribution >= 0.6 is 7.60 Å². The number of hydrogen-bond donors (Lipinski definition) is 7. The Bertz CT molecular complexity index is 1920. The molecule has 17 heteroatoms. The molecule has 0 heterocycles. The molecule has 42 heavy (non-hydrogen) atoms. The maximum absolute atomic E-state index is 12.7. The van der Waals surface area contributed by atoms with Crippen LogP contribution in [0.5, 0.6) is 0 Å². The molecule has 0 spiro atoms. The van der Waals surface area contributed by atoms with Gasteiger partial charge in [-0.25, -0.2) is 14.4 Å². The first kappa shape index (κ1) is 30.0. The molecule has 7 N–H and O–H groups in total. The van der Waals surface area contributed by atoms with E-state index in [1.165, 1.54) is 36.4 Å². The van der Waals surface area contributed by atoms with Crippen LogP contribution in [0.4, 0.5) is 27.5 Å². The van der Waals surface area contributed by atoms with Gasteiger partial charge in [0.25, 0.3) is 10.1 Å². The van der Waals surface area contributed by atoms with Gasteiger partial charge in [-0.1, -0.05) is 12.1 Å². The summed E-state index contributed by atoms with van der Waals surface area (Å²) < 4.78 is 44.6. The third-order valence-electron chi connectivity index (χ3n) is 5.64. The van der Waals surface area contributed by atoms with E-state index in [1.807, 2.05) is 0 Å². The molecule has 0 bridgehead atoms. The van der Waals surface area contributed by atoms with Crippen molar-refractivity contribution < 1.29 is 51.9 Å². The van der Waals surface area contributed by atoms with E-state index in [1.54, 1.807) is 0 Å². The van der Waals surface area contributed by atoms with Crippen LogP contribution in [0.2, 0.25) is 0 Å². The average molecular weight is 614 g/mol. The molecule has 0 aliphatic rings. The van der Waals surface area contributed by atoms with Gasteiger partial charge in [-0.3, -0.25) is 9.12 Å². The van der Waals surface area contributed by atoms with Gasteiger partial charge in [0, 0.05) is 16.5 Å². The van der Waals surface area contributed by atoms with Crippen LogP contribution < -0.4 is 15.9 Å².